The van der Waals surface area contributed by atoms with Crippen LogP contribution >= 0.6 is 11.8 Å². The maximum absolute atomic E-state index is 12.3. The van der Waals surface area contributed by atoms with Crippen molar-refractivity contribution in [3.05, 3.63) is 0 Å². The molecule has 0 saturated heterocycles. The average molecular weight is 480 g/mol. The molecule has 0 saturated carbocycles. The molecule has 0 rings (SSSR count). The third kappa shape index (κ3) is 21.8. The minimum absolute atomic E-state index is 0. The van der Waals surface area contributed by atoms with Gasteiger partial charge in [-0.3, -0.25) is 13.8 Å². The fraction of sp³-hybridized carbons (Fsp3) is 0.889. The predicted molar refractivity (Wildman–Crippen MR) is 111 cm³/mol. The first-order chi connectivity index (χ1) is 13.8. The summed E-state index contributed by atoms with van der Waals surface area (Å²) in [4.78, 5) is 24.4. The van der Waals surface area contributed by atoms with Crippen molar-refractivity contribution < 1.29 is 79.5 Å². The molecule has 2 amide bonds. The molecule has 2 N–H and O–H groups in total. The van der Waals surface area contributed by atoms with E-state index in [0.29, 0.717) is 25.5 Å². The van der Waals surface area contributed by atoms with Gasteiger partial charge in [-0.1, -0.05) is 45.4 Å². The Bertz CT molecular complexity index is 555. The number of amides is 2. The number of unbranched alkanes of at least 4 members (excludes halogenated alkanes) is 6. The molecule has 8 nitrogen and oxygen atoms in total. The van der Waals surface area contributed by atoms with Crippen LogP contribution in [0.3, 0.4) is 0 Å². The van der Waals surface area contributed by atoms with Crippen molar-refractivity contribution in [1.29, 1.82) is 0 Å². The maximum Gasteiger partial charge on any atom is 1.00 e. The summed E-state index contributed by atoms with van der Waals surface area (Å²) in [5.41, 5.74) is 0. The topological polar surface area (TPSA) is 125 Å². The number of carbonyl (C=O) groups is 2. The van der Waals surface area contributed by atoms with Crippen LogP contribution in [0.5, 0.6) is 0 Å². The van der Waals surface area contributed by atoms with E-state index < -0.39 is 16.4 Å². The number of hydrogen-bond donors (Lipinski definition) is 2. The molecule has 0 aliphatic rings. The molecular weight excluding hydrogens is 443 g/mol. The number of thioether (sulfide) groups is 1. The van der Waals surface area contributed by atoms with Crippen molar-refractivity contribution in [1.82, 2.24) is 10.6 Å². The molecule has 1 atom stereocenters. The van der Waals surface area contributed by atoms with E-state index in [-0.39, 0.29) is 82.8 Å². The first-order valence-electron chi connectivity index (χ1n) is 10.5. The molecule has 0 bridgehead atoms. The van der Waals surface area contributed by atoms with Crippen LogP contribution in [0.15, 0.2) is 0 Å². The fourth-order valence-electron chi connectivity index (χ4n) is 2.51. The second-order valence-corrected chi connectivity index (χ2v) is 8.54. The van der Waals surface area contributed by atoms with Gasteiger partial charge >= 0.3 is 51.4 Å². The van der Waals surface area contributed by atoms with Crippen molar-refractivity contribution in [3.63, 3.8) is 0 Å². The largest absolute Gasteiger partial charge is 1.00 e. The van der Waals surface area contributed by atoms with Crippen LogP contribution in [0.25, 0.3) is 0 Å². The minimum atomic E-state index is -4.72. The third-order valence-corrected chi connectivity index (χ3v) is 5.11. The molecule has 0 aromatic carbocycles. The van der Waals surface area contributed by atoms with Crippen molar-refractivity contribution in [2.24, 2.45) is 0 Å². The summed E-state index contributed by atoms with van der Waals surface area (Å²) in [6.07, 6.45) is 10.1. The number of nitrogens with one attached hydrogen (secondary N) is 2. The van der Waals surface area contributed by atoms with Gasteiger partial charge in [0.25, 0.3) is 0 Å². The van der Waals surface area contributed by atoms with Gasteiger partial charge in [0.1, 0.15) is 6.04 Å². The Kier molecular flexibility index (Phi) is 21.3. The number of rotatable bonds is 18. The molecule has 11 heteroatoms. The molecule has 0 unspecified atom stereocenters. The molecule has 0 aliphatic heterocycles. The Morgan fingerprint density at radius 1 is 1.14 bits per heavy atom. The van der Waals surface area contributed by atoms with E-state index in [1.54, 1.807) is 11.8 Å². The molecule has 0 radical (unpaired) electrons. The molecule has 0 heterocycles. The zero-order chi connectivity index (χ0) is 22.0. The van der Waals surface area contributed by atoms with Gasteiger partial charge in [0.05, 0.1) is 6.61 Å². The van der Waals surface area contributed by atoms with Gasteiger partial charge in [-0.15, -0.1) is 0 Å². The monoisotopic (exact) mass is 479 g/mol. The van der Waals surface area contributed by atoms with E-state index in [1.807, 2.05) is 6.26 Å². The van der Waals surface area contributed by atoms with Crippen LogP contribution in [-0.2, 0) is 24.2 Å². The number of hydrogen-bond acceptors (Lipinski definition) is 7. The molecule has 166 valence electrons. The van der Waals surface area contributed by atoms with Gasteiger partial charge in [-0.25, -0.2) is 8.42 Å². The summed E-state index contributed by atoms with van der Waals surface area (Å²) in [6.45, 7) is 0.346. The van der Waals surface area contributed by atoms with Gasteiger partial charge in [0, 0.05) is 14.3 Å². The van der Waals surface area contributed by atoms with Crippen molar-refractivity contribution in [2.75, 3.05) is 25.2 Å². The van der Waals surface area contributed by atoms with Crippen molar-refractivity contribution in [3.8, 4) is 0 Å². The van der Waals surface area contributed by atoms with Gasteiger partial charge in [-0.05, 0) is 31.3 Å². The summed E-state index contributed by atoms with van der Waals surface area (Å²) in [7, 11) is -4.72. The fourth-order valence-corrected chi connectivity index (χ4v) is 3.30. The van der Waals surface area contributed by atoms with Gasteiger partial charge in [0.15, 0.2) is 0 Å². The first-order valence-corrected chi connectivity index (χ1v) is 12.5. The Morgan fingerprint density at radius 2 is 1.79 bits per heavy atom. The van der Waals surface area contributed by atoms with Crippen molar-refractivity contribution in [2.45, 2.75) is 77.1 Å². The standard InChI is InChI=1S/C18H36N2O6S2.K/c1-3-4-5-6-7-8-9-11-17(21)20-16(12-15-27-2)18(22)19-13-10-14-26-28(23,24)25;/h16H,3-15H2,1-2H3,(H,19,22)(H,20,21)(H,23,24,25);/q;+1/p-1/t16-;/m0./s1/i1D;. The van der Waals surface area contributed by atoms with E-state index in [9.17, 15) is 22.6 Å². The molecular formula is C18H35KN2O6S2. The van der Waals surface area contributed by atoms with E-state index in [1.165, 1.54) is 0 Å². The average Bonchev–Trinajstić information content (AvgIpc) is 2.65. The minimum Gasteiger partial charge on any atom is -0.726 e. The smallest absolute Gasteiger partial charge is 0.726 e. The predicted octanol–water partition coefficient (Wildman–Crippen LogP) is -0.648. The first kappa shape index (κ1) is 29.8. The maximum atomic E-state index is 12.3. The van der Waals surface area contributed by atoms with Crippen LogP contribution in [0.1, 0.15) is 72.5 Å². The van der Waals surface area contributed by atoms with E-state index >= 15 is 0 Å². The van der Waals surface area contributed by atoms with Crippen LogP contribution in [0.2, 0.25) is 0 Å². The summed E-state index contributed by atoms with van der Waals surface area (Å²) >= 11 is 1.58. The van der Waals surface area contributed by atoms with Crippen LogP contribution in [-0.4, -0.2) is 56.0 Å². The van der Waals surface area contributed by atoms with Gasteiger partial charge in [0.2, 0.25) is 22.2 Å². The van der Waals surface area contributed by atoms with Crippen LogP contribution in [0, 0.1) is 0 Å². The number of carbonyl (C=O) groups excluding carboxylic acids is 2. The Morgan fingerprint density at radius 3 is 2.41 bits per heavy atom. The van der Waals surface area contributed by atoms with E-state index in [0.717, 1.165) is 44.9 Å². The Labute approximate surface area is 224 Å². The molecule has 0 fully saturated rings. The summed E-state index contributed by atoms with van der Waals surface area (Å²) in [5.74, 6) is 0.238. The molecule has 0 spiro atoms. The third-order valence-electron chi connectivity index (χ3n) is 4.01. The quantitative estimate of drug-likeness (QED) is 0.116. The van der Waals surface area contributed by atoms with E-state index in [4.69, 9.17) is 1.37 Å². The van der Waals surface area contributed by atoms with E-state index in [2.05, 4.69) is 14.8 Å². The van der Waals surface area contributed by atoms with Gasteiger partial charge < -0.3 is 15.2 Å². The molecule has 0 aromatic rings. The van der Waals surface area contributed by atoms with Crippen molar-refractivity contribution >= 4 is 34.0 Å². The second kappa shape index (κ2) is 20.7. The summed E-state index contributed by atoms with van der Waals surface area (Å²) in [5, 5.41) is 5.40. The summed E-state index contributed by atoms with van der Waals surface area (Å²) in [6, 6.07) is -0.635. The van der Waals surface area contributed by atoms with Crippen LogP contribution in [0.4, 0.5) is 0 Å². The zero-order valence-electron chi connectivity index (χ0n) is 18.7. The Hall–Kier alpha value is 0.796. The molecule has 0 aliphatic carbocycles. The summed E-state index contributed by atoms with van der Waals surface area (Å²) < 4.78 is 42.2. The molecule has 0 aromatic heterocycles. The van der Waals surface area contributed by atoms with Crippen LogP contribution < -0.4 is 62.0 Å². The second-order valence-electron chi connectivity index (χ2n) is 6.50. The SMILES string of the molecule is [2H]CCCCCCCCCC(=O)N[C@@H](CCSC)C(=O)NCCCOS(=O)(=O)[O-].[K+]. The zero-order valence-corrected chi connectivity index (χ0v) is 22.5. The van der Waals surface area contributed by atoms with Gasteiger partial charge in [-0.2, -0.15) is 11.8 Å². The normalized spacial score (nSPS) is 12.6. The Balaban J connectivity index is 0. The molecule has 29 heavy (non-hydrogen) atoms.